The molecule has 246 valence electrons. The number of nitrogens with two attached hydrogens (primary N) is 1. The molecule has 0 aromatic heterocycles. The van der Waals surface area contributed by atoms with Gasteiger partial charge in [-0.1, -0.05) is 54.8 Å². The van der Waals surface area contributed by atoms with Crippen LogP contribution in [0.15, 0.2) is 52.8 Å². The molecule has 0 radical (unpaired) electrons. The van der Waals surface area contributed by atoms with Crippen molar-refractivity contribution in [2.45, 2.75) is 82.0 Å². The zero-order valence-electron chi connectivity index (χ0n) is 25.5. The number of carbonyl (C=O) groups is 5. The first-order valence-electron chi connectivity index (χ1n) is 15.2. The van der Waals surface area contributed by atoms with Gasteiger partial charge in [0.05, 0.1) is 5.25 Å². The van der Waals surface area contributed by atoms with Crippen molar-refractivity contribution < 1.29 is 44.0 Å². The summed E-state index contributed by atoms with van der Waals surface area (Å²) in [4.78, 5) is 61.0. The van der Waals surface area contributed by atoms with Crippen LogP contribution in [0.1, 0.15) is 63.9 Å². The Labute approximate surface area is 266 Å². The zero-order valence-corrected chi connectivity index (χ0v) is 26.3. The van der Waals surface area contributed by atoms with Crippen molar-refractivity contribution in [2.24, 2.45) is 11.7 Å². The summed E-state index contributed by atoms with van der Waals surface area (Å²) in [5.74, 6) is -4.04. The molecule has 12 nitrogen and oxygen atoms in total. The number of aliphatic hydroxyl groups is 1. The fourth-order valence-corrected chi connectivity index (χ4v) is 7.02. The Morgan fingerprint density at radius 3 is 2.49 bits per heavy atom. The minimum atomic E-state index is -1.25. The smallest absolute Gasteiger partial charge is 0.322 e. The van der Waals surface area contributed by atoms with Crippen LogP contribution < -0.4 is 16.4 Å². The highest BCUT2D eigenvalue weighted by atomic mass is 32.2. The number of esters is 1. The average Bonchev–Trinajstić information content (AvgIpc) is 3.35. The van der Waals surface area contributed by atoms with Crippen LogP contribution >= 0.6 is 11.8 Å². The molecule has 1 heterocycles. The van der Waals surface area contributed by atoms with E-state index in [1.165, 1.54) is 17.3 Å². The summed E-state index contributed by atoms with van der Waals surface area (Å²) in [5, 5.41) is 32.2. The Bertz CT molecular complexity index is 1300. The molecule has 4 atom stereocenters. The van der Waals surface area contributed by atoms with Crippen molar-refractivity contribution in [2.75, 3.05) is 18.9 Å². The van der Waals surface area contributed by atoms with Gasteiger partial charge < -0.3 is 36.4 Å². The molecule has 1 aromatic carbocycles. The first-order valence-corrected chi connectivity index (χ1v) is 16.3. The summed E-state index contributed by atoms with van der Waals surface area (Å²) < 4.78 is 5.96. The number of aliphatic hydroxyl groups excluding tert-OH is 1. The van der Waals surface area contributed by atoms with E-state index in [-0.39, 0.29) is 36.4 Å². The number of aliphatic carboxylic acids is 2. The number of thioether (sulfide) groups is 1. The van der Waals surface area contributed by atoms with Gasteiger partial charge in [-0.25, -0.2) is 0 Å². The number of carboxylic acids is 2. The van der Waals surface area contributed by atoms with E-state index in [0.29, 0.717) is 37.9 Å². The number of carbonyl (C=O) groups excluding carboxylic acids is 3. The second-order valence-corrected chi connectivity index (χ2v) is 12.4. The van der Waals surface area contributed by atoms with Crippen LogP contribution in [0.25, 0.3) is 0 Å². The SMILES string of the molecule is CCC[C@@H](SC[C@H](NC(=O)CC[C@H](N)C(=O)O)C(=O)NCC(=O)O)C1=C2CCC(Cc3ccccc3)=C(CCCO)[C@H]2C(=O)O1. The fraction of sp³-hybridized carbons (Fsp3) is 0.531. The van der Waals surface area contributed by atoms with E-state index in [1.807, 2.05) is 25.1 Å². The number of cyclic esters (lactones) is 1. The summed E-state index contributed by atoms with van der Waals surface area (Å²) in [6, 6.07) is 7.66. The molecule has 45 heavy (non-hydrogen) atoms. The molecule has 0 fully saturated rings. The Morgan fingerprint density at radius 2 is 1.84 bits per heavy atom. The van der Waals surface area contributed by atoms with Crippen molar-refractivity contribution in [3.8, 4) is 0 Å². The van der Waals surface area contributed by atoms with Gasteiger partial charge in [0, 0.05) is 18.8 Å². The highest BCUT2D eigenvalue weighted by molar-refractivity contribution is 8.00. The normalized spacial score (nSPS) is 18.1. The van der Waals surface area contributed by atoms with Crippen LogP contribution in [-0.2, 0) is 35.1 Å². The quantitative estimate of drug-likeness (QED) is 0.0951. The highest BCUT2D eigenvalue weighted by Gasteiger charge is 2.43. The molecule has 0 unspecified atom stereocenters. The van der Waals surface area contributed by atoms with Gasteiger partial charge in [0.1, 0.15) is 30.3 Å². The molecule has 0 saturated carbocycles. The van der Waals surface area contributed by atoms with E-state index in [9.17, 15) is 29.1 Å². The van der Waals surface area contributed by atoms with E-state index in [0.717, 1.165) is 29.6 Å². The molecule has 1 aromatic rings. The second-order valence-electron chi connectivity index (χ2n) is 11.2. The van der Waals surface area contributed by atoms with E-state index in [2.05, 4.69) is 22.8 Å². The maximum absolute atomic E-state index is 13.4. The first-order chi connectivity index (χ1) is 21.5. The molecule has 0 saturated heterocycles. The molecule has 13 heteroatoms. The van der Waals surface area contributed by atoms with Gasteiger partial charge in [-0.2, -0.15) is 0 Å². The maximum atomic E-state index is 13.4. The van der Waals surface area contributed by atoms with Crippen LogP contribution in [0.3, 0.4) is 0 Å². The third-order valence-electron chi connectivity index (χ3n) is 7.85. The Balaban J connectivity index is 1.83. The fourth-order valence-electron chi connectivity index (χ4n) is 5.61. The van der Waals surface area contributed by atoms with Crippen LogP contribution in [-0.4, -0.2) is 81.3 Å². The number of rotatable bonds is 19. The summed E-state index contributed by atoms with van der Waals surface area (Å²) in [6.07, 6.45) is 4.21. The van der Waals surface area contributed by atoms with E-state index in [4.69, 9.17) is 20.7 Å². The number of allylic oxidation sites excluding steroid dienone is 1. The minimum Gasteiger partial charge on any atom is -0.480 e. The third kappa shape index (κ3) is 10.4. The third-order valence-corrected chi connectivity index (χ3v) is 9.22. The maximum Gasteiger partial charge on any atom is 0.322 e. The van der Waals surface area contributed by atoms with Gasteiger partial charge in [-0.05, 0) is 56.1 Å². The Kier molecular flexibility index (Phi) is 14.1. The molecule has 1 aliphatic carbocycles. The number of hydrogen-bond acceptors (Lipinski definition) is 9. The average molecular weight is 646 g/mol. The predicted octanol–water partition coefficient (Wildman–Crippen LogP) is 2.30. The lowest BCUT2D eigenvalue weighted by molar-refractivity contribution is -0.140. The molecule has 2 amide bonds. The van der Waals surface area contributed by atoms with Gasteiger partial charge in [0.2, 0.25) is 11.8 Å². The van der Waals surface area contributed by atoms with Crippen molar-refractivity contribution in [3.63, 3.8) is 0 Å². The number of nitrogens with one attached hydrogen (secondary N) is 2. The molecular weight excluding hydrogens is 602 g/mol. The van der Waals surface area contributed by atoms with Crippen LogP contribution in [0.5, 0.6) is 0 Å². The van der Waals surface area contributed by atoms with Crippen molar-refractivity contribution in [3.05, 3.63) is 58.4 Å². The standard InChI is InChI=1S/C32H43N3O9S/c1-2-7-25(45-18-24(30(40)34-17-27(38)39)35-26(37)14-13-23(33)31(41)42)29-22-12-11-20(16-19-8-4-3-5-9-19)21(10-6-15-36)28(22)32(43)44-29/h3-5,8-9,23-25,28,36H,2,6-7,10-18,33H2,1H3,(H,34,40)(H,35,37)(H,38,39)(H,41,42)/t23-,24-,25+,28+/m0/s1. The zero-order chi connectivity index (χ0) is 32.9. The van der Waals surface area contributed by atoms with E-state index in [1.54, 1.807) is 0 Å². The van der Waals surface area contributed by atoms with Crippen LogP contribution in [0.2, 0.25) is 0 Å². The van der Waals surface area contributed by atoms with Crippen molar-refractivity contribution in [1.29, 1.82) is 0 Å². The van der Waals surface area contributed by atoms with E-state index >= 15 is 0 Å². The van der Waals surface area contributed by atoms with E-state index < -0.39 is 48.3 Å². The lowest BCUT2D eigenvalue weighted by Crippen LogP contribution is -2.49. The predicted molar refractivity (Wildman–Crippen MR) is 168 cm³/mol. The second kappa shape index (κ2) is 17.7. The molecule has 3 rings (SSSR count). The number of benzene rings is 1. The summed E-state index contributed by atoms with van der Waals surface area (Å²) >= 11 is 1.33. The summed E-state index contributed by atoms with van der Waals surface area (Å²) in [5.41, 5.74) is 9.73. The molecule has 0 spiro atoms. The monoisotopic (exact) mass is 645 g/mol. The first kappa shape index (κ1) is 35.8. The Morgan fingerprint density at radius 1 is 1.11 bits per heavy atom. The summed E-state index contributed by atoms with van der Waals surface area (Å²) in [7, 11) is 0. The molecule has 0 bridgehead atoms. The lowest BCUT2D eigenvalue weighted by Gasteiger charge is -2.27. The summed E-state index contributed by atoms with van der Waals surface area (Å²) in [6.45, 7) is 1.35. The number of ether oxygens (including phenoxy) is 1. The Hall–Kier alpha value is -3.68. The van der Waals surface area contributed by atoms with Gasteiger partial charge in [-0.15, -0.1) is 11.8 Å². The van der Waals surface area contributed by atoms with Gasteiger partial charge >= 0.3 is 17.9 Å². The van der Waals surface area contributed by atoms with Gasteiger partial charge in [-0.3, -0.25) is 24.0 Å². The van der Waals surface area contributed by atoms with Crippen LogP contribution in [0, 0.1) is 5.92 Å². The highest BCUT2D eigenvalue weighted by Crippen LogP contribution is 2.47. The molecule has 1 aliphatic heterocycles. The lowest BCUT2D eigenvalue weighted by atomic mass is 9.76. The van der Waals surface area contributed by atoms with Gasteiger partial charge in [0.25, 0.3) is 0 Å². The molecule has 7 N–H and O–H groups in total. The van der Waals surface area contributed by atoms with Crippen molar-refractivity contribution >= 4 is 41.5 Å². The number of hydrogen-bond donors (Lipinski definition) is 6. The van der Waals surface area contributed by atoms with Crippen LogP contribution in [0.4, 0.5) is 0 Å². The largest absolute Gasteiger partial charge is 0.480 e. The minimum absolute atomic E-state index is 0.00337. The van der Waals surface area contributed by atoms with Gasteiger partial charge in [0.15, 0.2) is 0 Å². The molecule has 2 aliphatic rings. The van der Waals surface area contributed by atoms with Crippen molar-refractivity contribution in [1.82, 2.24) is 10.6 Å². The number of fused-ring (bicyclic) bond motifs is 1. The number of carboxylic acid groups (broad SMARTS) is 2. The molecular formula is C32H43N3O9S. The topological polar surface area (TPSA) is 205 Å². The number of amides is 2.